The molecule has 146 valence electrons. The standard InChI is InChI=1S/C20H25Cl2N3O2/c1-20(2,3)27-19(26)25-10-8-13(9-11-25)17-12-16(23-24(17)4)14-6-5-7-15(21)18(14)22/h5-7,12-13H,8-11H2,1-4H3. The van der Waals surface area contributed by atoms with Crippen LogP contribution in [-0.2, 0) is 11.8 Å². The number of carbonyl (C=O) groups excluding carboxylic acids is 1. The molecule has 0 bridgehead atoms. The molecule has 1 fully saturated rings. The van der Waals surface area contributed by atoms with Crippen LogP contribution in [0.2, 0.25) is 10.0 Å². The van der Waals surface area contributed by atoms with Crippen molar-refractivity contribution in [2.75, 3.05) is 13.1 Å². The lowest BCUT2D eigenvalue weighted by Crippen LogP contribution is -2.41. The Morgan fingerprint density at radius 2 is 1.89 bits per heavy atom. The number of benzene rings is 1. The highest BCUT2D eigenvalue weighted by Crippen LogP contribution is 2.35. The summed E-state index contributed by atoms with van der Waals surface area (Å²) in [7, 11) is 1.94. The molecule has 1 aromatic carbocycles. The molecular weight excluding hydrogens is 385 g/mol. The van der Waals surface area contributed by atoms with Crippen LogP contribution in [0.1, 0.15) is 45.2 Å². The van der Waals surface area contributed by atoms with Gasteiger partial charge in [-0.05, 0) is 45.7 Å². The number of likely N-dealkylation sites (tertiary alicyclic amines) is 1. The normalized spacial score (nSPS) is 15.9. The number of carbonyl (C=O) groups is 1. The molecule has 1 aliphatic rings. The topological polar surface area (TPSA) is 47.4 Å². The van der Waals surface area contributed by atoms with Crippen molar-refractivity contribution in [1.82, 2.24) is 14.7 Å². The van der Waals surface area contributed by atoms with E-state index in [1.807, 2.05) is 44.6 Å². The van der Waals surface area contributed by atoms with Crippen LogP contribution < -0.4 is 0 Å². The molecule has 1 amide bonds. The van der Waals surface area contributed by atoms with Crippen molar-refractivity contribution in [3.63, 3.8) is 0 Å². The van der Waals surface area contributed by atoms with E-state index in [0.29, 0.717) is 29.1 Å². The zero-order chi connectivity index (χ0) is 19.8. The maximum Gasteiger partial charge on any atom is 0.410 e. The number of rotatable bonds is 2. The molecule has 0 atom stereocenters. The Bertz CT molecular complexity index is 834. The van der Waals surface area contributed by atoms with Gasteiger partial charge in [0.1, 0.15) is 5.60 Å². The molecule has 27 heavy (non-hydrogen) atoms. The van der Waals surface area contributed by atoms with Crippen molar-refractivity contribution >= 4 is 29.3 Å². The van der Waals surface area contributed by atoms with Crippen molar-refractivity contribution in [2.24, 2.45) is 7.05 Å². The van der Waals surface area contributed by atoms with Crippen LogP contribution in [0.15, 0.2) is 24.3 Å². The van der Waals surface area contributed by atoms with Gasteiger partial charge in [0, 0.05) is 37.3 Å². The van der Waals surface area contributed by atoms with Gasteiger partial charge in [0.2, 0.25) is 0 Å². The van der Waals surface area contributed by atoms with Crippen LogP contribution in [0.5, 0.6) is 0 Å². The van der Waals surface area contributed by atoms with Crippen molar-refractivity contribution in [2.45, 2.75) is 45.1 Å². The van der Waals surface area contributed by atoms with E-state index in [4.69, 9.17) is 27.9 Å². The van der Waals surface area contributed by atoms with Crippen LogP contribution in [0, 0.1) is 0 Å². The fourth-order valence-corrected chi connectivity index (χ4v) is 3.78. The zero-order valence-corrected chi connectivity index (χ0v) is 17.6. The predicted molar refractivity (Wildman–Crippen MR) is 108 cm³/mol. The van der Waals surface area contributed by atoms with Gasteiger partial charge in [-0.15, -0.1) is 0 Å². The van der Waals surface area contributed by atoms with E-state index in [0.717, 1.165) is 29.8 Å². The molecule has 2 aromatic rings. The molecule has 2 heterocycles. The Labute approximate surface area is 170 Å². The summed E-state index contributed by atoms with van der Waals surface area (Å²) in [5.41, 5.74) is 2.32. The number of piperidine rings is 1. The fourth-order valence-electron chi connectivity index (χ4n) is 3.38. The van der Waals surface area contributed by atoms with E-state index in [9.17, 15) is 4.79 Å². The molecule has 0 aliphatic carbocycles. The second kappa shape index (κ2) is 7.72. The van der Waals surface area contributed by atoms with E-state index in [2.05, 4.69) is 11.2 Å². The Balaban J connectivity index is 1.71. The molecule has 0 saturated carbocycles. The number of hydrogen-bond donors (Lipinski definition) is 0. The van der Waals surface area contributed by atoms with Crippen LogP contribution >= 0.6 is 23.2 Å². The Morgan fingerprint density at radius 3 is 2.52 bits per heavy atom. The Morgan fingerprint density at radius 1 is 1.22 bits per heavy atom. The summed E-state index contributed by atoms with van der Waals surface area (Å²) in [6.07, 6.45) is 1.51. The first-order chi connectivity index (χ1) is 12.7. The molecule has 1 aliphatic heterocycles. The molecule has 1 aromatic heterocycles. The van der Waals surface area contributed by atoms with Crippen molar-refractivity contribution < 1.29 is 9.53 Å². The second-order valence-electron chi connectivity index (χ2n) is 7.92. The van der Waals surface area contributed by atoms with Crippen LogP contribution in [0.25, 0.3) is 11.3 Å². The smallest absolute Gasteiger partial charge is 0.410 e. The van der Waals surface area contributed by atoms with Gasteiger partial charge < -0.3 is 9.64 Å². The van der Waals surface area contributed by atoms with Crippen LogP contribution in [-0.4, -0.2) is 39.5 Å². The molecule has 5 nitrogen and oxygen atoms in total. The molecule has 1 saturated heterocycles. The summed E-state index contributed by atoms with van der Waals surface area (Å²) in [4.78, 5) is 14.0. The maximum absolute atomic E-state index is 12.2. The molecule has 0 spiro atoms. The zero-order valence-electron chi connectivity index (χ0n) is 16.1. The first-order valence-corrected chi connectivity index (χ1v) is 9.87. The number of ether oxygens (including phenoxy) is 1. The third-order valence-corrected chi connectivity index (χ3v) is 5.53. The minimum absolute atomic E-state index is 0.239. The first kappa shape index (κ1) is 20.0. The summed E-state index contributed by atoms with van der Waals surface area (Å²) in [6.45, 7) is 7.01. The molecule has 0 unspecified atom stereocenters. The lowest BCUT2D eigenvalue weighted by Gasteiger charge is -2.33. The fraction of sp³-hybridized carbons (Fsp3) is 0.500. The van der Waals surface area contributed by atoms with Gasteiger partial charge in [0.05, 0.1) is 15.7 Å². The Kier molecular flexibility index (Phi) is 5.73. The summed E-state index contributed by atoms with van der Waals surface area (Å²) in [5.74, 6) is 0.341. The van der Waals surface area contributed by atoms with Crippen molar-refractivity contribution in [3.05, 3.63) is 40.0 Å². The molecular formula is C20H25Cl2N3O2. The minimum Gasteiger partial charge on any atom is -0.444 e. The summed E-state index contributed by atoms with van der Waals surface area (Å²) >= 11 is 12.5. The maximum atomic E-state index is 12.2. The number of halogens is 2. The van der Waals surface area contributed by atoms with Gasteiger partial charge in [0.25, 0.3) is 0 Å². The van der Waals surface area contributed by atoms with E-state index >= 15 is 0 Å². The summed E-state index contributed by atoms with van der Waals surface area (Å²) < 4.78 is 7.37. The average molecular weight is 410 g/mol. The summed E-state index contributed by atoms with van der Waals surface area (Å²) in [5, 5.41) is 5.67. The largest absolute Gasteiger partial charge is 0.444 e. The quantitative estimate of drug-likeness (QED) is 0.656. The highest BCUT2D eigenvalue weighted by molar-refractivity contribution is 6.43. The number of nitrogens with zero attached hydrogens (tertiary/aromatic N) is 3. The highest BCUT2D eigenvalue weighted by atomic mass is 35.5. The van der Waals surface area contributed by atoms with Crippen LogP contribution in [0.4, 0.5) is 4.79 Å². The number of aryl methyl sites for hydroxylation is 1. The SMILES string of the molecule is Cn1nc(-c2cccc(Cl)c2Cl)cc1C1CCN(C(=O)OC(C)(C)C)CC1. The van der Waals surface area contributed by atoms with Crippen molar-refractivity contribution in [1.29, 1.82) is 0 Å². The average Bonchev–Trinajstić information content (AvgIpc) is 2.97. The molecule has 3 rings (SSSR count). The third-order valence-electron chi connectivity index (χ3n) is 4.71. The van der Waals surface area contributed by atoms with E-state index < -0.39 is 5.60 Å². The second-order valence-corrected chi connectivity index (χ2v) is 8.71. The number of aromatic nitrogens is 2. The lowest BCUT2D eigenvalue weighted by molar-refractivity contribution is 0.0203. The Hall–Kier alpha value is -1.72. The van der Waals surface area contributed by atoms with Gasteiger partial charge in [-0.25, -0.2) is 4.79 Å². The van der Waals surface area contributed by atoms with Gasteiger partial charge in [-0.2, -0.15) is 5.10 Å². The minimum atomic E-state index is -0.471. The highest BCUT2D eigenvalue weighted by Gasteiger charge is 2.29. The van der Waals surface area contributed by atoms with Crippen LogP contribution in [0.3, 0.4) is 0 Å². The van der Waals surface area contributed by atoms with Crippen molar-refractivity contribution in [3.8, 4) is 11.3 Å². The summed E-state index contributed by atoms with van der Waals surface area (Å²) in [6, 6.07) is 7.64. The third kappa shape index (κ3) is 4.58. The molecule has 0 radical (unpaired) electrons. The molecule has 0 N–H and O–H groups in total. The van der Waals surface area contributed by atoms with Gasteiger partial charge in [0.15, 0.2) is 0 Å². The van der Waals surface area contributed by atoms with Gasteiger partial charge in [-0.3, -0.25) is 4.68 Å². The van der Waals surface area contributed by atoms with Gasteiger partial charge >= 0.3 is 6.09 Å². The van der Waals surface area contributed by atoms with E-state index in [1.165, 1.54) is 0 Å². The van der Waals surface area contributed by atoms with Gasteiger partial charge in [-0.1, -0.05) is 35.3 Å². The first-order valence-electron chi connectivity index (χ1n) is 9.12. The van der Waals surface area contributed by atoms with E-state index in [-0.39, 0.29) is 6.09 Å². The van der Waals surface area contributed by atoms with E-state index in [1.54, 1.807) is 11.0 Å². The monoisotopic (exact) mass is 409 g/mol. The molecule has 7 heteroatoms. The number of amides is 1. The predicted octanol–water partition coefficient (Wildman–Crippen LogP) is 5.51. The lowest BCUT2D eigenvalue weighted by atomic mass is 9.93. The number of hydrogen-bond acceptors (Lipinski definition) is 3.